The van der Waals surface area contributed by atoms with Crippen LogP contribution in [0.3, 0.4) is 0 Å². The number of anilines is 1. The number of nitrogens with zero attached hydrogens (tertiary/aromatic N) is 1. The second-order valence-electron chi connectivity index (χ2n) is 7.23. The summed E-state index contributed by atoms with van der Waals surface area (Å²) < 4.78 is 26.8. The lowest BCUT2D eigenvalue weighted by Crippen LogP contribution is -2.11. The van der Waals surface area contributed by atoms with Crippen LogP contribution in [-0.2, 0) is 16.3 Å². The summed E-state index contributed by atoms with van der Waals surface area (Å²) in [5.74, 6) is 0. The van der Waals surface area contributed by atoms with Crippen molar-refractivity contribution in [1.82, 2.24) is 4.98 Å². The minimum Gasteiger partial charge on any atom is -0.396 e. The van der Waals surface area contributed by atoms with Gasteiger partial charge in [0.15, 0.2) is 0 Å². The molecule has 0 saturated heterocycles. The number of fused-ring (bicyclic) bond motifs is 1. The molecule has 0 atom stereocenters. The second kappa shape index (κ2) is 9.37. The van der Waals surface area contributed by atoms with E-state index in [1.54, 1.807) is 12.1 Å². The summed E-state index contributed by atoms with van der Waals surface area (Å²) in [5, 5.41) is 13.1. The molecule has 0 radical (unpaired) electrons. The van der Waals surface area contributed by atoms with Gasteiger partial charge in [0, 0.05) is 24.7 Å². The number of sulfone groups is 1. The van der Waals surface area contributed by atoms with E-state index in [2.05, 4.69) is 10.3 Å². The maximum atomic E-state index is 13.4. The molecular formula is C23H28N2O3S. The van der Waals surface area contributed by atoms with E-state index >= 15 is 0 Å². The van der Waals surface area contributed by atoms with Crippen molar-refractivity contribution in [1.29, 1.82) is 0 Å². The van der Waals surface area contributed by atoms with Crippen LogP contribution >= 0.6 is 0 Å². The molecule has 0 aliphatic rings. The standard InChI is InChI=1S/C23H28N2O3S/c1-3-18-8-10-19(11-9-18)29(27,28)22-16-25-21-12-7-17(2)15-20(21)23(22)24-13-5-4-6-14-26/h7-12,15-16,26H,3-6,13-14H2,1-2H3,(H,24,25). The van der Waals surface area contributed by atoms with Gasteiger partial charge in [-0.3, -0.25) is 4.98 Å². The fourth-order valence-electron chi connectivity index (χ4n) is 3.33. The highest BCUT2D eigenvalue weighted by Crippen LogP contribution is 2.33. The zero-order valence-corrected chi connectivity index (χ0v) is 17.8. The van der Waals surface area contributed by atoms with Gasteiger partial charge in [-0.05, 0) is 62.4 Å². The van der Waals surface area contributed by atoms with E-state index in [1.165, 1.54) is 6.20 Å². The van der Waals surface area contributed by atoms with Gasteiger partial charge in [-0.2, -0.15) is 0 Å². The number of pyridine rings is 1. The minimum atomic E-state index is -3.71. The first-order valence-corrected chi connectivity index (χ1v) is 11.5. The van der Waals surface area contributed by atoms with Gasteiger partial charge in [0.25, 0.3) is 0 Å². The Morgan fingerprint density at radius 1 is 1.03 bits per heavy atom. The van der Waals surface area contributed by atoms with Crippen LogP contribution in [0.1, 0.15) is 37.3 Å². The van der Waals surface area contributed by atoms with Crippen LogP contribution in [0.25, 0.3) is 10.9 Å². The van der Waals surface area contributed by atoms with Crippen LogP contribution in [0, 0.1) is 6.92 Å². The molecule has 0 spiro atoms. The highest BCUT2D eigenvalue weighted by atomic mass is 32.2. The number of nitrogens with one attached hydrogen (secondary N) is 1. The third-order valence-electron chi connectivity index (χ3n) is 5.06. The predicted molar refractivity (Wildman–Crippen MR) is 117 cm³/mol. The van der Waals surface area contributed by atoms with Gasteiger partial charge in [-0.15, -0.1) is 0 Å². The molecule has 154 valence electrons. The van der Waals surface area contributed by atoms with Gasteiger partial charge in [0.1, 0.15) is 4.90 Å². The molecule has 3 aromatic rings. The van der Waals surface area contributed by atoms with Crippen LogP contribution < -0.4 is 5.32 Å². The van der Waals surface area contributed by atoms with E-state index in [0.717, 1.165) is 47.7 Å². The number of hydrogen-bond donors (Lipinski definition) is 2. The SMILES string of the molecule is CCc1ccc(S(=O)(=O)c2cnc3ccc(C)cc3c2NCCCCCO)cc1. The Morgan fingerprint density at radius 3 is 2.48 bits per heavy atom. The molecule has 5 nitrogen and oxygen atoms in total. The average Bonchev–Trinajstić information content (AvgIpc) is 2.73. The molecule has 29 heavy (non-hydrogen) atoms. The molecule has 2 N–H and O–H groups in total. The molecule has 3 rings (SSSR count). The number of aromatic nitrogens is 1. The van der Waals surface area contributed by atoms with Gasteiger partial charge in [0.05, 0.1) is 16.1 Å². The summed E-state index contributed by atoms with van der Waals surface area (Å²) in [5.41, 5.74) is 3.50. The summed E-state index contributed by atoms with van der Waals surface area (Å²) in [4.78, 5) is 4.88. The molecule has 0 aliphatic carbocycles. The monoisotopic (exact) mass is 412 g/mol. The van der Waals surface area contributed by atoms with E-state index in [4.69, 9.17) is 5.11 Å². The van der Waals surface area contributed by atoms with Crippen molar-refractivity contribution < 1.29 is 13.5 Å². The molecule has 1 heterocycles. The lowest BCUT2D eigenvalue weighted by atomic mass is 10.1. The van der Waals surface area contributed by atoms with Crippen LogP contribution in [0.4, 0.5) is 5.69 Å². The first-order chi connectivity index (χ1) is 14.0. The average molecular weight is 413 g/mol. The first-order valence-electron chi connectivity index (χ1n) is 10.1. The summed E-state index contributed by atoms with van der Waals surface area (Å²) in [6, 6.07) is 12.9. The van der Waals surface area contributed by atoms with Crippen molar-refractivity contribution in [2.75, 3.05) is 18.5 Å². The maximum absolute atomic E-state index is 13.4. The van der Waals surface area contributed by atoms with Crippen molar-refractivity contribution in [3.05, 3.63) is 59.8 Å². The third-order valence-corrected chi connectivity index (χ3v) is 6.84. The fourth-order valence-corrected chi connectivity index (χ4v) is 4.72. The predicted octanol–water partition coefficient (Wildman–Crippen LogP) is 4.51. The number of hydrogen-bond acceptors (Lipinski definition) is 5. The quantitative estimate of drug-likeness (QED) is 0.506. The van der Waals surface area contributed by atoms with Crippen molar-refractivity contribution in [2.45, 2.75) is 49.3 Å². The van der Waals surface area contributed by atoms with Gasteiger partial charge in [-0.25, -0.2) is 8.42 Å². The molecule has 6 heteroatoms. The van der Waals surface area contributed by atoms with Crippen LogP contribution in [0.2, 0.25) is 0 Å². The summed E-state index contributed by atoms with van der Waals surface area (Å²) in [6.07, 6.45) is 4.79. The second-order valence-corrected chi connectivity index (χ2v) is 9.15. The van der Waals surface area contributed by atoms with Gasteiger partial charge in [-0.1, -0.05) is 30.7 Å². The Bertz CT molecular complexity index is 1080. The normalized spacial score (nSPS) is 11.7. The van der Waals surface area contributed by atoms with E-state index in [0.29, 0.717) is 12.2 Å². The zero-order valence-electron chi connectivity index (χ0n) is 17.0. The van der Waals surface area contributed by atoms with Crippen molar-refractivity contribution >= 4 is 26.4 Å². The molecule has 0 amide bonds. The Hall–Kier alpha value is -2.44. The molecule has 0 saturated carbocycles. The Kier molecular flexibility index (Phi) is 6.87. The number of aryl methyl sites for hydroxylation is 2. The van der Waals surface area contributed by atoms with Gasteiger partial charge < -0.3 is 10.4 Å². The largest absolute Gasteiger partial charge is 0.396 e. The lowest BCUT2D eigenvalue weighted by Gasteiger charge is -2.16. The zero-order chi connectivity index (χ0) is 20.9. The van der Waals surface area contributed by atoms with Crippen molar-refractivity contribution in [3.8, 4) is 0 Å². The molecule has 0 bridgehead atoms. The summed E-state index contributed by atoms with van der Waals surface area (Å²) >= 11 is 0. The number of aliphatic hydroxyl groups excluding tert-OH is 1. The minimum absolute atomic E-state index is 0.171. The Labute approximate surface area is 172 Å². The van der Waals surface area contributed by atoms with E-state index in [9.17, 15) is 8.42 Å². The van der Waals surface area contributed by atoms with Crippen LogP contribution in [-0.4, -0.2) is 31.7 Å². The number of aliphatic hydroxyl groups is 1. The van der Waals surface area contributed by atoms with Crippen molar-refractivity contribution in [2.24, 2.45) is 0 Å². The molecule has 0 fully saturated rings. The maximum Gasteiger partial charge on any atom is 0.210 e. The van der Waals surface area contributed by atoms with Crippen molar-refractivity contribution in [3.63, 3.8) is 0 Å². The van der Waals surface area contributed by atoms with Gasteiger partial charge in [0.2, 0.25) is 9.84 Å². The van der Waals surface area contributed by atoms with E-state index < -0.39 is 9.84 Å². The Balaban J connectivity index is 2.06. The molecular weight excluding hydrogens is 384 g/mol. The van der Waals surface area contributed by atoms with E-state index in [1.807, 2.05) is 44.2 Å². The first kappa shape index (κ1) is 21.3. The Morgan fingerprint density at radius 2 is 1.79 bits per heavy atom. The lowest BCUT2D eigenvalue weighted by molar-refractivity contribution is 0.283. The molecule has 1 aromatic heterocycles. The number of rotatable bonds is 9. The molecule has 0 unspecified atom stereocenters. The summed E-state index contributed by atoms with van der Waals surface area (Å²) in [7, 11) is -3.71. The molecule has 2 aromatic carbocycles. The third kappa shape index (κ3) is 4.77. The van der Waals surface area contributed by atoms with E-state index in [-0.39, 0.29) is 16.4 Å². The fraction of sp³-hybridized carbons (Fsp3) is 0.348. The van der Waals surface area contributed by atoms with Gasteiger partial charge >= 0.3 is 0 Å². The summed E-state index contributed by atoms with van der Waals surface area (Å²) in [6.45, 7) is 4.82. The van der Waals surface area contributed by atoms with Crippen LogP contribution in [0.5, 0.6) is 0 Å². The molecule has 0 aliphatic heterocycles. The number of benzene rings is 2. The highest BCUT2D eigenvalue weighted by Gasteiger charge is 2.24. The smallest absolute Gasteiger partial charge is 0.210 e. The number of unbranched alkanes of at least 4 members (excludes halogenated alkanes) is 2. The topological polar surface area (TPSA) is 79.3 Å². The highest BCUT2D eigenvalue weighted by molar-refractivity contribution is 7.91. The van der Waals surface area contributed by atoms with Crippen LogP contribution in [0.15, 0.2) is 58.5 Å².